The van der Waals surface area contributed by atoms with Crippen molar-refractivity contribution in [1.29, 1.82) is 0 Å². The summed E-state index contributed by atoms with van der Waals surface area (Å²) in [6.45, 7) is 7.41. The van der Waals surface area contributed by atoms with E-state index in [4.69, 9.17) is 4.74 Å². The van der Waals surface area contributed by atoms with E-state index in [-0.39, 0.29) is 0 Å². The van der Waals surface area contributed by atoms with Crippen LogP contribution in [-0.2, 0) is 4.74 Å². The predicted octanol–water partition coefficient (Wildman–Crippen LogP) is 1.68. The Morgan fingerprint density at radius 3 is 1.88 bits per heavy atom. The molecule has 0 saturated heterocycles. The molecule has 1 saturated carbocycles. The first-order chi connectivity index (χ1) is 3.77. The van der Waals surface area contributed by atoms with Crippen LogP contribution in [0.25, 0.3) is 0 Å². The van der Waals surface area contributed by atoms with Crippen LogP contribution in [0.2, 0.25) is 0 Å². The molecule has 8 heavy (non-hydrogen) atoms. The Bertz CT molecular complexity index is 72.5. The summed E-state index contributed by atoms with van der Waals surface area (Å²) in [5.41, 5.74) is 0. The maximum atomic E-state index is 5.38. The third-order valence-corrected chi connectivity index (χ3v) is 2.08. The maximum absolute atomic E-state index is 5.38. The van der Waals surface area contributed by atoms with Crippen molar-refractivity contribution in [1.82, 2.24) is 0 Å². The van der Waals surface area contributed by atoms with Crippen LogP contribution in [0, 0.1) is 11.8 Å². The van der Waals surface area contributed by atoms with E-state index in [1.807, 2.05) is 0 Å². The number of rotatable bonds is 2. The monoisotopic (exact) mass is 114 g/mol. The smallest absolute Gasteiger partial charge is 0.0632 e. The molecule has 0 radical (unpaired) electrons. The molecular formula is C7H14O. The molecule has 1 aliphatic carbocycles. The maximum Gasteiger partial charge on any atom is 0.0632 e. The predicted molar refractivity (Wildman–Crippen MR) is 33.7 cm³/mol. The summed E-state index contributed by atoms with van der Waals surface area (Å²) < 4.78 is 5.38. The van der Waals surface area contributed by atoms with Crippen LogP contribution in [0.15, 0.2) is 0 Å². The zero-order valence-corrected chi connectivity index (χ0v) is 5.85. The van der Waals surface area contributed by atoms with Gasteiger partial charge in [-0.2, -0.15) is 0 Å². The lowest BCUT2D eigenvalue weighted by Crippen LogP contribution is -1.94. The minimum absolute atomic E-state index is 0.583. The third kappa shape index (κ3) is 0.873. The van der Waals surface area contributed by atoms with Gasteiger partial charge in [0, 0.05) is 6.61 Å². The van der Waals surface area contributed by atoms with Crippen LogP contribution >= 0.6 is 0 Å². The molecule has 3 atom stereocenters. The molecule has 48 valence electrons. The van der Waals surface area contributed by atoms with Crippen LogP contribution in [0.4, 0.5) is 0 Å². The number of hydrogen-bond donors (Lipinski definition) is 0. The van der Waals surface area contributed by atoms with Crippen molar-refractivity contribution in [2.24, 2.45) is 11.8 Å². The standard InChI is InChI=1S/C7H14O/c1-4-8-7-5(2)6(7)3/h5-7H,4H2,1-3H3/t5-,6+,7?. The van der Waals surface area contributed by atoms with Gasteiger partial charge in [0.2, 0.25) is 0 Å². The van der Waals surface area contributed by atoms with Gasteiger partial charge in [0.25, 0.3) is 0 Å². The minimum Gasteiger partial charge on any atom is -0.378 e. The first-order valence-corrected chi connectivity index (χ1v) is 3.39. The van der Waals surface area contributed by atoms with Gasteiger partial charge in [-0.15, -0.1) is 0 Å². The molecule has 1 unspecified atom stereocenters. The van der Waals surface area contributed by atoms with Crippen LogP contribution in [0.5, 0.6) is 0 Å². The van der Waals surface area contributed by atoms with Gasteiger partial charge in [-0.25, -0.2) is 0 Å². The molecule has 1 nitrogen and oxygen atoms in total. The average molecular weight is 114 g/mol. The fourth-order valence-electron chi connectivity index (χ4n) is 1.11. The molecule has 0 bridgehead atoms. The van der Waals surface area contributed by atoms with E-state index in [2.05, 4.69) is 20.8 Å². The molecule has 0 heterocycles. The molecule has 1 fully saturated rings. The highest BCUT2D eigenvalue weighted by atomic mass is 16.5. The summed E-state index contributed by atoms with van der Waals surface area (Å²) in [4.78, 5) is 0. The Balaban J connectivity index is 2.13. The molecule has 1 aliphatic rings. The van der Waals surface area contributed by atoms with Crippen LogP contribution in [0.1, 0.15) is 20.8 Å². The SMILES string of the molecule is CCOC1[C@@H](C)[C@H]1C. The van der Waals surface area contributed by atoms with Gasteiger partial charge in [0.15, 0.2) is 0 Å². The van der Waals surface area contributed by atoms with Crippen molar-refractivity contribution < 1.29 is 4.74 Å². The molecule has 0 spiro atoms. The van der Waals surface area contributed by atoms with E-state index in [1.165, 1.54) is 0 Å². The first-order valence-electron chi connectivity index (χ1n) is 3.39. The van der Waals surface area contributed by atoms with Gasteiger partial charge in [0.1, 0.15) is 0 Å². The Kier molecular flexibility index (Phi) is 1.57. The second-order valence-corrected chi connectivity index (χ2v) is 2.64. The fraction of sp³-hybridized carbons (Fsp3) is 1.00. The van der Waals surface area contributed by atoms with E-state index >= 15 is 0 Å². The molecule has 1 heteroatoms. The molecule has 0 aliphatic heterocycles. The van der Waals surface area contributed by atoms with Gasteiger partial charge in [-0.05, 0) is 18.8 Å². The topological polar surface area (TPSA) is 9.23 Å². The van der Waals surface area contributed by atoms with E-state index in [0.717, 1.165) is 18.4 Å². The molecule has 1 rings (SSSR count). The van der Waals surface area contributed by atoms with E-state index in [0.29, 0.717) is 6.10 Å². The third-order valence-electron chi connectivity index (χ3n) is 2.08. The summed E-state index contributed by atoms with van der Waals surface area (Å²) in [5.74, 6) is 1.63. The van der Waals surface area contributed by atoms with Crippen LogP contribution in [0.3, 0.4) is 0 Å². The molecule has 0 aromatic rings. The summed E-state index contributed by atoms with van der Waals surface area (Å²) in [6.07, 6.45) is 0.583. The quantitative estimate of drug-likeness (QED) is 0.530. The fourth-order valence-corrected chi connectivity index (χ4v) is 1.11. The lowest BCUT2D eigenvalue weighted by molar-refractivity contribution is 0.116. The molecule has 0 aromatic heterocycles. The van der Waals surface area contributed by atoms with Crippen molar-refractivity contribution in [2.45, 2.75) is 26.9 Å². The van der Waals surface area contributed by atoms with Crippen LogP contribution in [-0.4, -0.2) is 12.7 Å². The first kappa shape index (κ1) is 6.09. The molecule has 0 N–H and O–H groups in total. The van der Waals surface area contributed by atoms with E-state index in [1.54, 1.807) is 0 Å². The van der Waals surface area contributed by atoms with Gasteiger partial charge in [-0.1, -0.05) is 13.8 Å². The Labute approximate surface area is 51.0 Å². The van der Waals surface area contributed by atoms with Crippen LogP contribution < -0.4 is 0 Å². The lowest BCUT2D eigenvalue weighted by Gasteiger charge is -1.93. The highest BCUT2D eigenvalue weighted by Gasteiger charge is 2.43. The number of hydrogen-bond acceptors (Lipinski definition) is 1. The second-order valence-electron chi connectivity index (χ2n) is 2.64. The largest absolute Gasteiger partial charge is 0.378 e. The van der Waals surface area contributed by atoms with Crippen molar-refractivity contribution >= 4 is 0 Å². The minimum atomic E-state index is 0.583. The van der Waals surface area contributed by atoms with Gasteiger partial charge < -0.3 is 4.74 Å². The molecule has 0 amide bonds. The lowest BCUT2D eigenvalue weighted by atomic mass is 10.4. The van der Waals surface area contributed by atoms with Crippen molar-refractivity contribution in [2.75, 3.05) is 6.61 Å². The summed E-state index contributed by atoms with van der Waals surface area (Å²) in [7, 11) is 0. The summed E-state index contributed by atoms with van der Waals surface area (Å²) in [6, 6.07) is 0. The average Bonchev–Trinajstić information content (AvgIpc) is 2.25. The Morgan fingerprint density at radius 2 is 1.75 bits per heavy atom. The van der Waals surface area contributed by atoms with Crippen molar-refractivity contribution in [3.63, 3.8) is 0 Å². The molecular weight excluding hydrogens is 100 g/mol. The van der Waals surface area contributed by atoms with Gasteiger partial charge >= 0.3 is 0 Å². The van der Waals surface area contributed by atoms with Gasteiger partial charge in [-0.3, -0.25) is 0 Å². The van der Waals surface area contributed by atoms with Crippen molar-refractivity contribution in [3.05, 3.63) is 0 Å². The second kappa shape index (κ2) is 2.06. The Morgan fingerprint density at radius 1 is 1.25 bits per heavy atom. The van der Waals surface area contributed by atoms with Crippen molar-refractivity contribution in [3.8, 4) is 0 Å². The highest BCUT2D eigenvalue weighted by Crippen LogP contribution is 2.40. The Hall–Kier alpha value is -0.0400. The highest BCUT2D eigenvalue weighted by molar-refractivity contribution is 4.92. The van der Waals surface area contributed by atoms with E-state index in [9.17, 15) is 0 Å². The molecule has 0 aromatic carbocycles. The summed E-state index contributed by atoms with van der Waals surface area (Å²) >= 11 is 0. The summed E-state index contributed by atoms with van der Waals surface area (Å²) in [5, 5.41) is 0. The number of ether oxygens (including phenoxy) is 1. The normalized spacial score (nSPS) is 44.6. The van der Waals surface area contributed by atoms with E-state index < -0.39 is 0 Å². The zero-order chi connectivity index (χ0) is 6.15. The zero-order valence-electron chi connectivity index (χ0n) is 5.85. The van der Waals surface area contributed by atoms with Gasteiger partial charge in [0.05, 0.1) is 6.10 Å².